The average Bonchev–Trinajstić information content (AvgIpc) is 3.12. The molecule has 4 heteroatoms. The van der Waals surface area contributed by atoms with Crippen LogP contribution in [0.2, 0.25) is 0 Å². The zero-order valence-electron chi connectivity index (χ0n) is 11.3. The summed E-state index contributed by atoms with van der Waals surface area (Å²) in [6.45, 7) is 0. The maximum atomic E-state index is 5.97. The van der Waals surface area contributed by atoms with E-state index in [1.54, 1.807) is 11.3 Å². The summed E-state index contributed by atoms with van der Waals surface area (Å²) in [6.07, 6.45) is 4.92. The van der Waals surface area contributed by atoms with Gasteiger partial charge in [0.15, 0.2) is 0 Å². The van der Waals surface area contributed by atoms with E-state index < -0.39 is 0 Å². The van der Waals surface area contributed by atoms with E-state index in [9.17, 15) is 0 Å². The van der Waals surface area contributed by atoms with Crippen molar-refractivity contribution >= 4 is 27.3 Å². The van der Waals surface area contributed by atoms with Gasteiger partial charge >= 0.3 is 0 Å². The standard InChI is InChI=1S/C16H19BrN2S/c17-14-11-20-10-13(14)15(19-18)16(8-4-5-9-16)12-6-2-1-3-7-12/h1-3,6-7,10-11,15,19H,4-5,8-9,18H2. The average molecular weight is 351 g/mol. The van der Waals surface area contributed by atoms with Crippen molar-refractivity contribution in [1.82, 2.24) is 5.43 Å². The van der Waals surface area contributed by atoms with Gasteiger partial charge in [0.1, 0.15) is 0 Å². The minimum atomic E-state index is 0.111. The number of halogens is 1. The van der Waals surface area contributed by atoms with Gasteiger partial charge in [0.25, 0.3) is 0 Å². The van der Waals surface area contributed by atoms with E-state index in [0.29, 0.717) is 0 Å². The highest BCUT2D eigenvalue weighted by atomic mass is 79.9. The molecule has 3 rings (SSSR count). The lowest BCUT2D eigenvalue weighted by Gasteiger charge is -2.38. The number of hydrogen-bond acceptors (Lipinski definition) is 3. The second-order valence-electron chi connectivity index (χ2n) is 5.50. The summed E-state index contributed by atoms with van der Waals surface area (Å²) >= 11 is 5.39. The van der Waals surface area contributed by atoms with Gasteiger partial charge in [0, 0.05) is 15.3 Å². The molecule has 0 saturated heterocycles. The molecule has 3 N–H and O–H groups in total. The number of benzene rings is 1. The largest absolute Gasteiger partial charge is 0.271 e. The van der Waals surface area contributed by atoms with Crippen LogP contribution in [0.5, 0.6) is 0 Å². The third-order valence-corrected chi connectivity index (χ3v) is 6.27. The zero-order valence-corrected chi connectivity index (χ0v) is 13.7. The zero-order chi connectivity index (χ0) is 14.0. The minimum absolute atomic E-state index is 0.111. The second-order valence-corrected chi connectivity index (χ2v) is 7.10. The van der Waals surface area contributed by atoms with E-state index in [1.165, 1.54) is 36.8 Å². The van der Waals surface area contributed by atoms with Gasteiger partial charge in [-0.15, -0.1) is 0 Å². The van der Waals surface area contributed by atoms with Crippen LogP contribution in [-0.4, -0.2) is 0 Å². The number of rotatable bonds is 4. The Bertz CT molecular complexity index is 561. The molecule has 20 heavy (non-hydrogen) atoms. The first-order valence-corrected chi connectivity index (χ1v) is 8.75. The molecule has 1 aliphatic carbocycles. The Morgan fingerprint density at radius 1 is 1.15 bits per heavy atom. The highest BCUT2D eigenvalue weighted by Gasteiger charge is 2.43. The quantitative estimate of drug-likeness (QED) is 0.628. The molecule has 0 aliphatic heterocycles. The number of nitrogens with two attached hydrogens (primary N) is 1. The summed E-state index contributed by atoms with van der Waals surface area (Å²) in [4.78, 5) is 0. The van der Waals surface area contributed by atoms with Crippen LogP contribution < -0.4 is 11.3 Å². The van der Waals surface area contributed by atoms with Crippen molar-refractivity contribution in [3.63, 3.8) is 0 Å². The molecule has 1 aliphatic rings. The van der Waals surface area contributed by atoms with E-state index in [0.717, 1.165) is 4.47 Å². The minimum Gasteiger partial charge on any atom is -0.271 e. The highest BCUT2D eigenvalue weighted by molar-refractivity contribution is 9.10. The molecule has 2 aromatic rings. The SMILES string of the molecule is NNC(c1cscc1Br)C1(c2ccccc2)CCCC1. The summed E-state index contributed by atoms with van der Waals surface area (Å²) in [5.74, 6) is 5.97. The Morgan fingerprint density at radius 3 is 2.40 bits per heavy atom. The fourth-order valence-corrected chi connectivity index (χ4v) is 5.12. The summed E-state index contributed by atoms with van der Waals surface area (Å²) in [5, 5.41) is 4.34. The first-order chi connectivity index (χ1) is 9.78. The summed E-state index contributed by atoms with van der Waals surface area (Å²) in [6, 6.07) is 11.0. The van der Waals surface area contributed by atoms with Gasteiger partial charge < -0.3 is 0 Å². The van der Waals surface area contributed by atoms with Crippen molar-refractivity contribution in [1.29, 1.82) is 0 Å². The molecule has 1 atom stereocenters. The van der Waals surface area contributed by atoms with Crippen LogP contribution in [0.4, 0.5) is 0 Å². The lowest BCUT2D eigenvalue weighted by Crippen LogP contribution is -2.43. The maximum Gasteiger partial charge on any atom is 0.0575 e. The molecule has 1 aromatic carbocycles. The molecule has 0 amide bonds. The number of hydrazine groups is 1. The normalized spacial score (nSPS) is 19.1. The highest BCUT2D eigenvalue weighted by Crippen LogP contribution is 2.50. The van der Waals surface area contributed by atoms with E-state index in [4.69, 9.17) is 5.84 Å². The molecule has 2 nitrogen and oxygen atoms in total. The molecule has 1 heterocycles. The van der Waals surface area contributed by atoms with Gasteiger partial charge in [-0.25, -0.2) is 0 Å². The molecular formula is C16H19BrN2S. The van der Waals surface area contributed by atoms with Gasteiger partial charge in [-0.2, -0.15) is 11.3 Å². The summed E-state index contributed by atoms with van der Waals surface area (Å²) in [5.41, 5.74) is 5.90. The third kappa shape index (κ3) is 2.35. The fourth-order valence-electron chi connectivity index (χ4n) is 3.56. The Hall–Kier alpha value is -0.680. The van der Waals surface area contributed by atoms with E-state index in [1.807, 2.05) is 0 Å². The monoisotopic (exact) mass is 350 g/mol. The van der Waals surface area contributed by atoms with Crippen LogP contribution in [0.25, 0.3) is 0 Å². The summed E-state index contributed by atoms with van der Waals surface area (Å²) < 4.78 is 1.16. The maximum absolute atomic E-state index is 5.97. The topological polar surface area (TPSA) is 38.0 Å². The fraction of sp³-hybridized carbons (Fsp3) is 0.375. The van der Waals surface area contributed by atoms with Crippen molar-refractivity contribution in [3.8, 4) is 0 Å². The van der Waals surface area contributed by atoms with Crippen LogP contribution in [0.3, 0.4) is 0 Å². The van der Waals surface area contributed by atoms with Crippen LogP contribution >= 0.6 is 27.3 Å². The molecule has 0 spiro atoms. The van der Waals surface area contributed by atoms with Crippen LogP contribution in [-0.2, 0) is 5.41 Å². The summed E-state index contributed by atoms with van der Waals surface area (Å²) in [7, 11) is 0. The molecule has 1 aromatic heterocycles. The van der Waals surface area contributed by atoms with Crippen LogP contribution in [0.15, 0.2) is 45.6 Å². The molecule has 1 fully saturated rings. The second kappa shape index (κ2) is 5.98. The molecule has 0 radical (unpaired) electrons. The van der Waals surface area contributed by atoms with Gasteiger partial charge in [0.2, 0.25) is 0 Å². The predicted molar refractivity (Wildman–Crippen MR) is 88.7 cm³/mol. The molecule has 1 unspecified atom stereocenters. The number of nitrogens with one attached hydrogen (secondary N) is 1. The van der Waals surface area contributed by atoms with Gasteiger partial charge in [-0.3, -0.25) is 11.3 Å². The van der Waals surface area contributed by atoms with Gasteiger partial charge in [0.05, 0.1) is 6.04 Å². The Labute approximate surface area is 132 Å². The smallest absolute Gasteiger partial charge is 0.0575 e. The number of hydrogen-bond donors (Lipinski definition) is 2. The van der Waals surface area contributed by atoms with E-state index >= 15 is 0 Å². The third-order valence-electron chi connectivity index (χ3n) is 4.52. The number of thiophene rings is 1. The first-order valence-electron chi connectivity index (χ1n) is 7.01. The predicted octanol–water partition coefficient (Wildman–Crippen LogP) is 4.53. The van der Waals surface area contributed by atoms with Crippen molar-refractivity contribution in [2.45, 2.75) is 37.1 Å². The van der Waals surface area contributed by atoms with Crippen LogP contribution in [0, 0.1) is 0 Å². The lowest BCUT2D eigenvalue weighted by atomic mass is 9.71. The van der Waals surface area contributed by atoms with Crippen molar-refractivity contribution in [3.05, 3.63) is 56.7 Å². The van der Waals surface area contributed by atoms with Gasteiger partial charge in [-0.05, 0) is 45.3 Å². The van der Waals surface area contributed by atoms with Crippen LogP contribution in [0.1, 0.15) is 42.9 Å². The molecule has 106 valence electrons. The lowest BCUT2D eigenvalue weighted by molar-refractivity contribution is 0.303. The first kappa shape index (κ1) is 14.3. The Morgan fingerprint density at radius 2 is 1.85 bits per heavy atom. The van der Waals surface area contributed by atoms with Crippen molar-refractivity contribution in [2.24, 2.45) is 5.84 Å². The van der Waals surface area contributed by atoms with Crippen molar-refractivity contribution < 1.29 is 0 Å². The Balaban J connectivity index is 2.08. The Kier molecular flexibility index (Phi) is 4.26. The molecule has 0 bridgehead atoms. The molecule has 1 saturated carbocycles. The van der Waals surface area contributed by atoms with E-state index in [-0.39, 0.29) is 11.5 Å². The van der Waals surface area contributed by atoms with Gasteiger partial charge in [-0.1, -0.05) is 43.2 Å². The van der Waals surface area contributed by atoms with E-state index in [2.05, 4.69) is 62.4 Å². The molecular weight excluding hydrogens is 332 g/mol. The van der Waals surface area contributed by atoms with Crippen molar-refractivity contribution in [2.75, 3.05) is 0 Å².